The van der Waals surface area contributed by atoms with Crippen LogP contribution in [0.5, 0.6) is 0 Å². The third kappa shape index (κ3) is 4.79. The number of hydrogen-bond acceptors (Lipinski definition) is 5. The van der Waals surface area contributed by atoms with Crippen molar-refractivity contribution in [1.29, 1.82) is 0 Å². The molecule has 1 atom stereocenters. The Labute approximate surface area is 148 Å². The van der Waals surface area contributed by atoms with Gasteiger partial charge in [-0.2, -0.15) is 5.10 Å². The molecule has 1 aliphatic heterocycles. The number of carbonyl (C=O) groups is 1. The molecule has 134 valence electrons. The van der Waals surface area contributed by atoms with Crippen LogP contribution in [0, 0.1) is 0 Å². The van der Waals surface area contributed by atoms with Crippen molar-refractivity contribution in [3.8, 4) is 0 Å². The Hall–Kier alpha value is -2.41. The van der Waals surface area contributed by atoms with Crippen molar-refractivity contribution in [2.75, 3.05) is 38.7 Å². The molecule has 0 bridgehead atoms. The molecule has 2 aromatic rings. The van der Waals surface area contributed by atoms with E-state index in [4.69, 9.17) is 4.74 Å². The van der Waals surface area contributed by atoms with Crippen molar-refractivity contribution >= 4 is 11.7 Å². The van der Waals surface area contributed by atoms with Crippen molar-refractivity contribution in [2.24, 2.45) is 0 Å². The van der Waals surface area contributed by atoms with Crippen LogP contribution in [-0.2, 0) is 22.5 Å². The predicted molar refractivity (Wildman–Crippen MR) is 95.4 cm³/mol. The maximum atomic E-state index is 12.4. The number of pyridine rings is 1. The fraction of sp³-hybridized carbons (Fsp3) is 0.500. The number of nitrogens with zero attached hydrogens (tertiary/aromatic N) is 5. The Morgan fingerprint density at radius 3 is 3.04 bits per heavy atom. The second kappa shape index (κ2) is 8.11. The van der Waals surface area contributed by atoms with Gasteiger partial charge < -0.3 is 14.5 Å². The van der Waals surface area contributed by atoms with Crippen LogP contribution in [0.4, 0.5) is 5.82 Å². The fourth-order valence-electron chi connectivity index (χ4n) is 2.94. The quantitative estimate of drug-likeness (QED) is 0.789. The van der Waals surface area contributed by atoms with Crippen molar-refractivity contribution in [3.05, 3.63) is 42.4 Å². The van der Waals surface area contributed by atoms with E-state index in [1.54, 1.807) is 10.9 Å². The Bertz CT molecular complexity index is 687. The zero-order valence-electron chi connectivity index (χ0n) is 14.8. The van der Waals surface area contributed by atoms with E-state index >= 15 is 0 Å². The van der Waals surface area contributed by atoms with Gasteiger partial charge in [-0.1, -0.05) is 0 Å². The van der Waals surface area contributed by atoms with Crippen LogP contribution in [0.2, 0.25) is 0 Å². The van der Waals surface area contributed by atoms with E-state index in [0.29, 0.717) is 19.7 Å². The van der Waals surface area contributed by atoms with Crippen molar-refractivity contribution in [2.45, 2.75) is 25.5 Å². The lowest BCUT2D eigenvalue weighted by atomic mass is 10.1. The predicted octanol–water partition coefficient (Wildman–Crippen LogP) is 1.20. The van der Waals surface area contributed by atoms with Gasteiger partial charge >= 0.3 is 0 Å². The fourth-order valence-corrected chi connectivity index (χ4v) is 2.94. The van der Waals surface area contributed by atoms with Crippen LogP contribution >= 0.6 is 0 Å². The van der Waals surface area contributed by atoms with Crippen LogP contribution in [-0.4, -0.2) is 65.5 Å². The van der Waals surface area contributed by atoms with Gasteiger partial charge in [0.2, 0.25) is 5.91 Å². The Morgan fingerprint density at radius 1 is 1.40 bits per heavy atom. The molecule has 0 radical (unpaired) electrons. The molecule has 1 amide bonds. The summed E-state index contributed by atoms with van der Waals surface area (Å²) in [6.45, 7) is 2.17. The van der Waals surface area contributed by atoms with Gasteiger partial charge in [-0.05, 0) is 36.6 Å². The molecule has 2 aromatic heterocycles. The maximum Gasteiger partial charge on any atom is 0.244 e. The summed E-state index contributed by atoms with van der Waals surface area (Å²) in [5, 5.41) is 4.10. The molecule has 1 fully saturated rings. The number of morpholine rings is 1. The minimum atomic E-state index is 0.0753. The molecule has 3 heterocycles. The number of ether oxygens (including phenoxy) is 1. The number of aromatic nitrogens is 3. The number of rotatable bonds is 6. The highest BCUT2D eigenvalue weighted by atomic mass is 16.5. The van der Waals surface area contributed by atoms with Gasteiger partial charge in [0.15, 0.2) is 0 Å². The number of carbonyl (C=O) groups excluding carboxylic acids is 1. The summed E-state index contributed by atoms with van der Waals surface area (Å²) in [7, 11) is 3.97. The first kappa shape index (κ1) is 17.4. The van der Waals surface area contributed by atoms with Gasteiger partial charge in [0.1, 0.15) is 12.4 Å². The van der Waals surface area contributed by atoms with Gasteiger partial charge in [-0.25, -0.2) is 4.98 Å². The molecule has 0 N–H and O–H groups in total. The van der Waals surface area contributed by atoms with E-state index in [-0.39, 0.29) is 18.6 Å². The molecule has 0 spiro atoms. The highest BCUT2D eigenvalue weighted by molar-refractivity contribution is 5.76. The molecule has 0 aromatic carbocycles. The normalized spacial score (nSPS) is 17.5. The van der Waals surface area contributed by atoms with Gasteiger partial charge in [0.05, 0.1) is 12.7 Å². The van der Waals surface area contributed by atoms with E-state index in [2.05, 4.69) is 16.1 Å². The number of anilines is 1. The first-order valence-corrected chi connectivity index (χ1v) is 8.61. The van der Waals surface area contributed by atoms with Crippen molar-refractivity contribution < 1.29 is 9.53 Å². The van der Waals surface area contributed by atoms with E-state index < -0.39 is 0 Å². The number of amides is 1. The van der Waals surface area contributed by atoms with Gasteiger partial charge in [0.25, 0.3) is 0 Å². The van der Waals surface area contributed by atoms with Crippen LogP contribution in [0.25, 0.3) is 0 Å². The average molecular weight is 343 g/mol. The zero-order valence-corrected chi connectivity index (χ0v) is 14.8. The maximum absolute atomic E-state index is 12.4. The first-order chi connectivity index (χ1) is 12.1. The first-order valence-electron chi connectivity index (χ1n) is 8.61. The monoisotopic (exact) mass is 343 g/mol. The van der Waals surface area contributed by atoms with Crippen LogP contribution in [0.3, 0.4) is 0 Å². The summed E-state index contributed by atoms with van der Waals surface area (Å²) < 4.78 is 7.51. The summed E-state index contributed by atoms with van der Waals surface area (Å²) in [5.74, 6) is 1.05. The SMILES string of the molecule is CN(C)c1cc(CC[C@H]2CN(C(=O)Cn3cccn3)CCO2)ccn1. The van der Waals surface area contributed by atoms with E-state index in [1.807, 2.05) is 48.4 Å². The third-order valence-electron chi connectivity index (χ3n) is 4.37. The highest BCUT2D eigenvalue weighted by Gasteiger charge is 2.24. The Morgan fingerprint density at radius 2 is 2.28 bits per heavy atom. The zero-order chi connectivity index (χ0) is 17.6. The molecule has 0 aliphatic carbocycles. The van der Waals surface area contributed by atoms with Crippen LogP contribution in [0.15, 0.2) is 36.8 Å². The lowest BCUT2D eigenvalue weighted by Crippen LogP contribution is -2.46. The topological polar surface area (TPSA) is 63.5 Å². The van der Waals surface area contributed by atoms with E-state index in [0.717, 1.165) is 18.7 Å². The summed E-state index contributed by atoms with van der Waals surface area (Å²) in [6, 6.07) is 5.96. The van der Waals surface area contributed by atoms with Crippen molar-refractivity contribution in [1.82, 2.24) is 19.7 Å². The standard InChI is InChI=1S/C18H25N5O2/c1-21(2)17-12-15(6-8-19-17)4-5-16-13-22(10-11-25-16)18(24)14-23-9-3-7-20-23/h3,6-9,12,16H,4-5,10-11,13-14H2,1-2H3/t16-/m0/s1. The Kier molecular flexibility index (Phi) is 5.65. The lowest BCUT2D eigenvalue weighted by Gasteiger charge is -2.33. The molecule has 1 saturated heterocycles. The molecule has 25 heavy (non-hydrogen) atoms. The van der Waals surface area contributed by atoms with Crippen LogP contribution < -0.4 is 4.90 Å². The molecule has 0 saturated carbocycles. The van der Waals surface area contributed by atoms with Gasteiger partial charge in [-0.15, -0.1) is 0 Å². The minimum absolute atomic E-state index is 0.0753. The molecule has 0 unspecified atom stereocenters. The minimum Gasteiger partial charge on any atom is -0.375 e. The molecular weight excluding hydrogens is 318 g/mol. The number of hydrogen-bond donors (Lipinski definition) is 0. The van der Waals surface area contributed by atoms with Crippen LogP contribution in [0.1, 0.15) is 12.0 Å². The van der Waals surface area contributed by atoms with Crippen molar-refractivity contribution in [3.63, 3.8) is 0 Å². The summed E-state index contributed by atoms with van der Waals surface area (Å²) in [4.78, 5) is 20.6. The van der Waals surface area contributed by atoms with Gasteiger partial charge in [0, 0.05) is 45.8 Å². The molecule has 1 aliphatic rings. The van der Waals surface area contributed by atoms with E-state index in [1.165, 1.54) is 5.56 Å². The lowest BCUT2D eigenvalue weighted by molar-refractivity contribution is -0.139. The largest absolute Gasteiger partial charge is 0.375 e. The van der Waals surface area contributed by atoms with Gasteiger partial charge in [-0.3, -0.25) is 9.48 Å². The summed E-state index contributed by atoms with van der Waals surface area (Å²) in [5.41, 5.74) is 1.24. The second-order valence-corrected chi connectivity index (χ2v) is 6.49. The third-order valence-corrected chi connectivity index (χ3v) is 4.37. The second-order valence-electron chi connectivity index (χ2n) is 6.49. The molecule has 7 nitrogen and oxygen atoms in total. The molecule has 3 rings (SSSR count). The number of aryl methyl sites for hydroxylation is 1. The summed E-state index contributed by atoms with van der Waals surface area (Å²) >= 11 is 0. The van der Waals surface area contributed by atoms with E-state index in [9.17, 15) is 4.79 Å². The Balaban J connectivity index is 1.51. The molecular formula is C18H25N5O2. The summed E-state index contributed by atoms with van der Waals surface area (Å²) in [6.07, 6.45) is 7.21. The molecule has 7 heteroatoms. The average Bonchev–Trinajstić information content (AvgIpc) is 3.13. The smallest absolute Gasteiger partial charge is 0.244 e. The highest BCUT2D eigenvalue weighted by Crippen LogP contribution is 2.15.